The number of carbonyl (C=O) groups excluding carboxylic acids is 1. The second kappa shape index (κ2) is 4.45. The molecule has 0 radical (unpaired) electrons. The van der Waals surface area contributed by atoms with E-state index in [9.17, 15) is 13.6 Å². The summed E-state index contributed by atoms with van der Waals surface area (Å²) in [4.78, 5) is 14.1. The fourth-order valence-electron chi connectivity index (χ4n) is 1.06. The van der Waals surface area contributed by atoms with Gasteiger partial charge in [-0.2, -0.15) is 0 Å². The molecule has 6 heteroatoms. The standard InChI is InChI=1S/C8H7BrF2N2O/c9-2-5-4(3-14)1-6(12)13-7(5)8(10)11/h1,3,8H,2H2,(H2,12,13). The summed E-state index contributed by atoms with van der Waals surface area (Å²) in [6, 6.07) is 1.27. The number of alkyl halides is 3. The average Bonchev–Trinajstić information content (AvgIpc) is 2.16. The average molecular weight is 265 g/mol. The van der Waals surface area contributed by atoms with Gasteiger partial charge in [-0.25, -0.2) is 13.8 Å². The van der Waals surface area contributed by atoms with Gasteiger partial charge in [-0.15, -0.1) is 0 Å². The van der Waals surface area contributed by atoms with Crippen LogP contribution in [-0.4, -0.2) is 11.3 Å². The van der Waals surface area contributed by atoms with E-state index in [1.54, 1.807) is 0 Å². The molecule has 0 amide bonds. The maximum absolute atomic E-state index is 12.5. The van der Waals surface area contributed by atoms with Crippen molar-refractivity contribution < 1.29 is 13.6 Å². The van der Waals surface area contributed by atoms with Crippen LogP contribution in [0.1, 0.15) is 28.0 Å². The summed E-state index contributed by atoms with van der Waals surface area (Å²) in [6.07, 6.45) is -2.25. The number of aldehydes is 1. The molecule has 0 unspecified atom stereocenters. The van der Waals surface area contributed by atoms with Gasteiger partial charge < -0.3 is 5.73 Å². The third kappa shape index (κ3) is 2.06. The zero-order valence-electron chi connectivity index (χ0n) is 7.01. The van der Waals surface area contributed by atoms with E-state index in [-0.39, 0.29) is 22.3 Å². The first-order chi connectivity index (χ1) is 6.60. The molecular weight excluding hydrogens is 258 g/mol. The van der Waals surface area contributed by atoms with Crippen molar-refractivity contribution >= 4 is 28.0 Å². The van der Waals surface area contributed by atoms with Crippen LogP contribution < -0.4 is 5.73 Å². The summed E-state index contributed by atoms with van der Waals surface area (Å²) >= 11 is 3.02. The number of anilines is 1. The van der Waals surface area contributed by atoms with E-state index in [2.05, 4.69) is 20.9 Å². The molecule has 2 N–H and O–H groups in total. The lowest BCUT2D eigenvalue weighted by Crippen LogP contribution is -2.04. The Bertz CT molecular complexity index is 357. The number of nitrogens with zero attached hydrogens (tertiary/aromatic N) is 1. The molecule has 0 fully saturated rings. The zero-order valence-corrected chi connectivity index (χ0v) is 8.59. The highest BCUT2D eigenvalue weighted by Crippen LogP contribution is 2.26. The van der Waals surface area contributed by atoms with Crippen molar-refractivity contribution in [2.24, 2.45) is 0 Å². The van der Waals surface area contributed by atoms with Crippen LogP contribution >= 0.6 is 15.9 Å². The Morgan fingerprint density at radius 3 is 2.71 bits per heavy atom. The largest absolute Gasteiger partial charge is 0.384 e. The number of carbonyl (C=O) groups is 1. The quantitative estimate of drug-likeness (QED) is 0.674. The van der Waals surface area contributed by atoms with Crippen LogP contribution in [-0.2, 0) is 5.33 Å². The molecule has 1 rings (SSSR count). The number of halogens is 3. The van der Waals surface area contributed by atoms with Crippen molar-refractivity contribution in [3.63, 3.8) is 0 Å². The number of hydrogen-bond acceptors (Lipinski definition) is 3. The maximum atomic E-state index is 12.5. The summed E-state index contributed by atoms with van der Waals surface area (Å²) < 4.78 is 24.9. The topological polar surface area (TPSA) is 56.0 Å². The van der Waals surface area contributed by atoms with Gasteiger partial charge in [0.25, 0.3) is 6.43 Å². The molecule has 1 heterocycles. The Morgan fingerprint density at radius 1 is 1.64 bits per heavy atom. The number of aromatic nitrogens is 1. The summed E-state index contributed by atoms with van der Waals surface area (Å²) in [7, 11) is 0. The second-order valence-electron chi connectivity index (χ2n) is 2.55. The van der Waals surface area contributed by atoms with E-state index in [1.807, 2.05) is 0 Å². The molecule has 14 heavy (non-hydrogen) atoms. The maximum Gasteiger partial charge on any atom is 0.280 e. The van der Waals surface area contributed by atoms with E-state index >= 15 is 0 Å². The molecule has 0 aromatic carbocycles. The molecular formula is C8H7BrF2N2O. The zero-order chi connectivity index (χ0) is 10.7. The van der Waals surface area contributed by atoms with Crippen LogP contribution in [0.3, 0.4) is 0 Å². The van der Waals surface area contributed by atoms with Crippen LogP contribution in [0.15, 0.2) is 6.07 Å². The molecule has 0 spiro atoms. The lowest BCUT2D eigenvalue weighted by molar-refractivity contribution is 0.112. The third-order valence-corrected chi connectivity index (χ3v) is 2.24. The van der Waals surface area contributed by atoms with Crippen molar-refractivity contribution in [3.8, 4) is 0 Å². The highest BCUT2D eigenvalue weighted by molar-refractivity contribution is 9.08. The Balaban J connectivity index is 3.39. The smallest absolute Gasteiger partial charge is 0.280 e. The molecule has 0 saturated carbocycles. The molecule has 0 atom stereocenters. The van der Waals surface area contributed by atoms with Gasteiger partial charge in [0.1, 0.15) is 11.5 Å². The lowest BCUT2D eigenvalue weighted by atomic mass is 10.1. The molecule has 1 aromatic heterocycles. The van der Waals surface area contributed by atoms with Crippen molar-refractivity contribution in [2.45, 2.75) is 11.8 Å². The van der Waals surface area contributed by atoms with Crippen LogP contribution in [0.25, 0.3) is 0 Å². The van der Waals surface area contributed by atoms with Gasteiger partial charge in [-0.1, -0.05) is 15.9 Å². The molecule has 1 aromatic rings. The molecule has 0 aliphatic carbocycles. The van der Waals surface area contributed by atoms with Gasteiger partial charge in [0, 0.05) is 16.5 Å². The van der Waals surface area contributed by atoms with Gasteiger partial charge >= 0.3 is 0 Å². The van der Waals surface area contributed by atoms with Gasteiger partial charge in [-0.05, 0) is 6.07 Å². The third-order valence-electron chi connectivity index (χ3n) is 1.68. The van der Waals surface area contributed by atoms with E-state index in [0.717, 1.165) is 0 Å². The van der Waals surface area contributed by atoms with Crippen LogP contribution in [0, 0.1) is 0 Å². The van der Waals surface area contributed by atoms with Gasteiger partial charge in [0.05, 0.1) is 0 Å². The number of rotatable bonds is 3. The number of hydrogen-bond donors (Lipinski definition) is 1. The number of nitrogen functional groups attached to an aromatic ring is 1. The molecule has 0 aliphatic rings. The lowest BCUT2D eigenvalue weighted by Gasteiger charge is -2.08. The van der Waals surface area contributed by atoms with Gasteiger partial charge in [-0.3, -0.25) is 4.79 Å². The molecule has 0 bridgehead atoms. The minimum atomic E-state index is -2.73. The molecule has 3 nitrogen and oxygen atoms in total. The van der Waals surface area contributed by atoms with Crippen LogP contribution in [0.2, 0.25) is 0 Å². The fraction of sp³-hybridized carbons (Fsp3) is 0.250. The molecule has 76 valence electrons. The van der Waals surface area contributed by atoms with Crippen LogP contribution in [0.5, 0.6) is 0 Å². The van der Waals surface area contributed by atoms with Crippen molar-refractivity contribution in [3.05, 3.63) is 22.9 Å². The predicted molar refractivity (Wildman–Crippen MR) is 51.6 cm³/mol. The van der Waals surface area contributed by atoms with E-state index in [0.29, 0.717) is 6.29 Å². The van der Waals surface area contributed by atoms with Crippen LogP contribution in [0.4, 0.5) is 14.6 Å². The van der Waals surface area contributed by atoms with Gasteiger partial charge in [0.2, 0.25) is 0 Å². The Labute approximate surface area is 87.4 Å². The van der Waals surface area contributed by atoms with Crippen molar-refractivity contribution in [1.82, 2.24) is 4.98 Å². The minimum absolute atomic E-state index is 0.0768. The Kier molecular flexibility index (Phi) is 3.51. The Hall–Kier alpha value is -1.04. The van der Waals surface area contributed by atoms with Gasteiger partial charge in [0.15, 0.2) is 6.29 Å². The highest BCUT2D eigenvalue weighted by atomic mass is 79.9. The molecule has 0 aliphatic heterocycles. The molecule has 0 saturated heterocycles. The van der Waals surface area contributed by atoms with Crippen molar-refractivity contribution in [1.29, 1.82) is 0 Å². The summed E-state index contributed by atoms with van der Waals surface area (Å²) in [5.41, 5.74) is 5.16. The first-order valence-electron chi connectivity index (χ1n) is 3.68. The van der Waals surface area contributed by atoms with E-state index in [4.69, 9.17) is 5.73 Å². The second-order valence-corrected chi connectivity index (χ2v) is 3.11. The monoisotopic (exact) mass is 264 g/mol. The Morgan fingerprint density at radius 2 is 2.29 bits per heavy atom. The van der Waals surface area contributed by atoms with E-state index in [1.165, 1.54) is 6.07 Å². The number of nitrogens with two attached hydrogens (primary N) is 1. The summed E-state index contributed by atoms with van der Waals surface area (Å²) in [6.45, 7) is 0. The van der Waals surface area contributed by atoms with E-state index < -0.39 is 12.1 Å². The first-order valence-corrected chi connectivity index (χ1v) is 4.81. The summed E-state index contributed by atoms with van der Waals surface area (Å²) in [5.74, 6) is -0.0768. The minimum Gasteiger partial charge on any atom is -0.384 e. The predicted octanol–water partition coefficient (Wildman–Crippen LogP) is 2.31. The number of pyridine rings is 1. The summed E-state index contributed by atoms with van der Waals surface area (Å²) in [5, 5.41) is 0.147. The normalized spacial score (nSPS) is 10.6. The van der Waals surface area contributed by atoms with Crippen molar-refractivity contribution in [2.75, 3.05) is 5.73 Å². The first kappa shape index (κ1) is 11.0. The highest BCUT2D eigenvalue weighted by Gasteiger charge is 2.18. The SMILES string of the molecule is Nc1cc(C=O)c(CBr)c(C(F)F)n1. The fourth-order valence-corrected chi connectivity index (χ4v) is 1.68.